The normalized spacial score (nSPS) is 22.8. The summed E-state index contributed by atoms with van der Waals surface area (Å²) in [5.74, 6) is 1.56. The highest BCUT2D eigenvalue weighted by atomic mass is 35.5. The van der Waals surface area contributed by atoms with Gasteiger partial charge in [0, 0.05) is 36.9 Å². The Morgan fingerprint density at radius 2 is 1.88 bits per heavy atom. The highest BCUT2D eigenvalue weighted by Crippen LogP contribution is 2.24. The molecule has 1 atom stereocenters. The maximum Gasteiger partial charge on any atom is 0.0406 e. The van der Waals surface area contributed by atoms with E-state index in [1.54, 1.807) is 0 Å². The lowest BCUT2D eigenvalue weighted by atomic mass is 9.94. The standard InChI is InChI=1S/C23H33ClN2/c1-3-20-5-4-14-25(18-20)17-19(2)26-15-12-22(13-16-26)7-6-21-8-10-23(24)11-9-21/h6-11,20,22H,2-5,12-18H2,1H3/b7-6+. The summed E-state index contributed by atoms with van der Waals surface area (Å²) >= 11 is 5.95. The molecular weight excluding hydrogens is 340 g/mol. The van der Waals surface area contributed by atoms with Gasteiger partial charge in [-0.2, -0.15) is 0 Å². The minimum atomic E-state index is 0.675. The first-order valence-corrected chi connectivity index (χ1v) is 10.6. The topological polar surface area (TPSA) is 6.48 Å². The van der Waals surface area contributed by atoms with Crippen molar-refractivity contribution in [3.05, 3.63) is 53.2 Å². The first-order chi connectivity index (χ1) is 12.6. The summed E-state index contributed by atoms with van der Waals surface area (Å²) in [6, 6.07) is 8.07. The molecule has 2 aliphatic heterocycles. The van der Waals surface area contributed by atoms with Gasteiger partial charge in [0.15, 0.2) is 0 Å². The monoisotopic (exact) mass is 372 g/mol. The fraction of sp³-hybridized carbons (Fsp3) is 0.565. The van der Waals surface area contributed by atoms with Gasteiger partial charge in [0.25, 0.3) is 0 Å². The van der Waals surface area contributed by atoms with E-state index in [0.29, 0.717) is 5.92 Å². The second-order valence-electron chi connectivity index (χ2n) is 7.95. The lowest BCUT2D eigenvalue weighted by molar-refractivity contribution is 0.160. The minimum Gasteiger partial charge on any atom is -0.374 e. The van der Waals surface area contributed by atoms with Crippen molar-refractivity contribution in [2.45, 2.75) is 39.0 Å². The molecule has 0 radical (unpaired) electrons. The molecule has 2 aliphatic rings. The van der Waals surface area contributed by atoms with Crippen LogP contribution < -0.4 is 0 Å². The van der Waals surface area contributed by atoms with Crippen LogP contribution in [0.2, 0.25) is 5.02 Å². The summed E-state index contributed by atoms with van der Waals surface area (Å²) in [5, 5.41) is 0.799. The summed E-state index contributed by atoms with van der Waals surface area (Å²) in [6.45, 7) is 12.6. The van der Waals surface area contributed by atoms with Gasteiger partial charge in [0.05, 0.1) is 0 Å². The Labute approximate surface area is 164 Å². The van der Waals surface area contributed by atoms with Crippen LogP contribution in [0.5, 0.6) is 0 Å². The SMILES string of the molecule is C=C(CN1CCCC(CC)C1)N1CCC(/C=C/c2ccc(Cl)cc2)CC1. The van der Waals surface area contributed by atoms with Crippen LogP contribution >= 0.6 is 11.6 Å². The molecule has 2 fully saturated rings. The number of hydrogen-bond acceptors (Lipinski definition) is 2. The Hall–Kier alpha value is -1.25. The third-order valence-corrected chi connectivity index (χ3v) is 6.26. The first kappa shape index (κ1) is 19.5. The molecular formula is C23H33ClN2. The minimum absolute atomic E-state index is 0.675. The highest BCUT2D eigenvalue weighted by molar-refractivity contribution is 6.30. The van der Waals surface area contributed by atoms with Gasteiger partial charge in [-0.15, -0.1) is 0 Å². The molecule has 0 bridgehead atoms. The number of likely N-dealkylation sites (tertiary alicyclic amines) is 2. The van der Waals surface area contributed by atoms with Gasteiger partial charge in [-0.3, -0.25) is 4.90 Å². The van der Waals surface area contributed by atoms with Crippen molar-refractivity contribution in [1.29, 1.82) is 0 Å². The Morgan fingerprint density at radius 3 is 2.58 bits per heavy atom. The van der Waals surface area contributed by atoms with Crippen molar-refractivity contribution >= 4 is 17.7 Å². The molecule has 3 heteroatoms. The van der Waals surface area contributed by atoms with Gasteiger partial charge in [-0.25, -0.2) is 0 Å². The average molecular weight is 373 g/mol. The lowest BCUT2D eigenvalue weighted by Gasteiger charge is -2.38. The maximum atomic E-state index is 5.95. The molecule has 2 heterocycles. The van der Waals surface area contributed by atoms with Crippen molar-refractivity contribution in [1.82, 2.24) is 9.80 Å². The second kappa shape index (κ2) is 9.62. The lowest BCUT2D eigenvalue weighted by Crippen LogP contribution is -2.41. The van der Waals surface area contributed by atoms with Gasteiger partial charge in [-0.05, 0) is 61.8 Å². The number of allylic oxidation sites excluding steroid dienone is 1. The molecule has 26 heavy (non-hydrogen) atoms. The van der Waals surface area contributed by atoms with Gasteiger partial charge in [-0.1, -0.05) is 55.8 Å². The zero-order chi connectivity index (χ0) is 18.4. The van der Waals surface area contributed by atoms with Crippen LogP contribution in [-0.4, -0.2) is 42.5 Å². The third-order valence-electron chi connectivity index (χ3n) is 6.00. The van der Waals surface area contributed by atoms with E-state index < -0.39 is 0 Å². The van der Waals surface area contributed by atoms with E-state index in [1.165, 1.54) is 56.5 Å². The Balaban J connectivity index is 1.42. The van der Waals surface area contributed by atoms with E-state index in [-0.39, 0.29) is 0 Å². The summed E-state index contributed by atoms with van der Waals surface area (Å²) in [5.41, 5.74) is 2.55. The van der Waals surface area contributed by atoms with Gasteiger partial charge >= 0.3 is 0 Å². The summed E-state index contributed by atoms with van der Waals surface area (Å²) in [7, 11) is 0. The largest absolute Gasteiger partial charge is 0.374 e. The Morgan fingerprint density at radius 1 is 1.15 bits per heavy atom. The number of hydrogen-bond donors (Lipinski definition) is 0. The summed E-state index contributed by atoms with van der Waals surface area (Å²) in [6.07, 6.45) is 11.1. The molecule has 0 N–H and O–H groups in total. The van der Waals surface area contributed by atoms with E-state index in [2.05, 4.69) is 47.6 Å². The van der Waals surface area contributed by atoms with E-state index in [0.717, 1.165) is 30.6 Å². The quantitative estimate of drug-likeness (QED) is 0.631. The third kappa shape index (κ3) is 5.62. The highest BCUT2D eigenvalue weighted by Gasteiger charge is 2.22. The van der Waals surface area contributed by atoms with E-state index in [9.17, 15) is 0 Å². The van der Waals surface area contributed by atoms with Crippen LogP contribution in [0.25, 0.3) is 6.08 Å². The van der Waals surface area contributed by atoms with E-state index in [1.807, 2.05) is 12.1 Å². The zero-order valence-electron chi connectivity index (χ0n) is 16.2. The van der Waals surface area contributed by atoms with E-state index in [4.69, 9.17) is 11.6 Å². The molecule has 0 aliphatic carbocycles. The Bertz CT molecular complexity index is 599. The molecule has 1 unspecified atom stereocenters. The van der Waals surface area contributed by atoms with Crippen LogP contribution in [0.15, 0.2) is 42.6 Å². The number of rotatable bonds is 6. The molecule has 2 saturated heterocycles. The van der Waals surface area contributed by atoms with Crippen LogP contribution in [0.1, 0.15) is 44.6 Å². The summed E-state index contributed by atoms with van der Waals surface area (Å²) < 4.78 is 0. The molecule has 3 rings (SSSR count). The second-order valence-corrected chi connectivity index (χ2v) is 8.39. The zero-order valence-corrected chi connectivity index (χ0v) is 16.9. The fourth-order valence-electron chi connectivity index (χ4n) is 4.22. The predicted octanol–water partition coefficient (Wildman–Crippen LogP) is 5.70. The molecule has 2 nitrogen and oxygen atoms in total. The number of piperidine rings is 2. The summed E-state index contributed by atoms with van der Waals surface area (Å²) in [4.78, 5) is 5.13. The van der Waals surface area contributed by atoms with E-state index >= 15 is 0 Å². The molecule has 1 aromatic carbocycles. The van der Waals surface area contributed by atoms with Crippen LogP contribution in [0.3, 0.4) is 0 Å². The number of benzene rings is 1. The molecule has 142 valence electrons. The molecule has 0 aromatic heterocycles. The van der Waals surface area contributed by atoms with Gasteiger partial charge in [0.1, 0.15) is 0 Å². The first-order valence-electron chi connectivity index (χ1n) is 10.2. The maximum absolute atomic E-state index is 5.95. The molecule has 0 amide bonds. The Kier molecular flexibility index (Phi) is 7.22. The van der Waals surface area contributed by atoms with Gasteiger partial charge in [0.2, 0.25) is 0 Å². The molecule has 0 saturated carbocycles. The van der Waals surface area contributed by atoms with Crippen LogP contribution in [0, 0.1) is 11.8 Å². The van der Waals surface area contributed by atoms with Crippen molar-refractivity contribution in [2.24, 2.45) is 11.8 Å². The van der Waals surface area contributed by atoms with Gasteiger partial charge < -0.3 is 4.90 Å². The smallest absolute Gasteiger partial charge is 0.0406 e. The molecule has 0 spiro atoms. The predicted molar refractivity (Wildman–Crippen MR) is 113 cm³/mol. The number of nitrogens with zero attached hydrogens (tertiary/aromatic N) is 2. The van der Waals surface area contributed by atoms with Crippen molar-refractivity contribution < 1.29 is 0 Å². The van der Waals surface area contributed by atoms with Crippen molar-refractivity contribution in [3.63, 3.8) is 0 Å². The van der Waals surface area contributed by atoms with Crippen LogP contribution in [0.4, 0.5) is 0 Å². The van der Waals surface area contributed by atoms with Crippen LogP contribution in [-0.2, 0) is 0 Å². The molecule has 1 aromatic rings. The van der Waals surface area contributed by atoms with Crippen molar-refractivity contribution in [3.8, 4) is 0 Å². The number of halogens is 1. The fourth-order valence-corrected chi connectivity index (χ4v) is 4.34. The average Bonchev–Trinajstić information content (AvgIpc) is 2.68. The van der Waals surface area contributed by atoms with Crippen molar-refractivity contribution in [2.75, 3.05) is 32.7 Å².